The Balaban J connectivity index is 1.72. The first-order valence-corrected chi connectivity index (χ1v) is 39.9. The fourth-order valence-electron chi connectivity index (χ4n) is 15.7. The van der Waals surface area contributed by atoms with Crippen LogP contribution >= 0.6 is 0 Å². The molecule has 0 heterocycles. The van der Waals surface area contributed by atoms with Crippen LogP contribution in [0.1, 0.15) is 389 Å². The van der Waals surface area contributed by atoms with Gasteiger partial charge in [-0.25, -0.2) is 4.79 Å². The number of amides is 2. The second-order valence-electron chi connectivity index (χ2n) is 29.3. The molecule has 0 spiro atoms. The van der Waals surface area contributed by atoms with Crippen LogP contribution in [-0.2, 0) is 16.1 Å². The summed E-state index contributed by atoms with van der Waals surface area (Å²) in [6, 6.07) is 18.8. The molecule has 3 aromatic rings. The lowest BCUT2D eigenvalue weighted by molar-refractivity contribution is -0.121. The van der Waals surface area contributed by atoms with Crippen molar-refractivity contribution in [2.24, 2.45) is 21.7 Å². The SMILES string of the molecule is CCCCC(CCC)(CCCC)CCCC#CCCCC(CCCC#CCCCC(CCCC)(CCCC)CCCC)(CCCC#CCCCC(CCCC)(CCCC)CCCC)CCC(=O)NCCCCCCNC(=O)OCc1c2ccccc2cc2ccccc12. The average Bonchev–Trinajstić information content (AvgIpc) is 0.815. The van der Waals surface area contributed by atoms with Gasteiger partial charge in [-0.1, -0.05) is 233 Å². The molecular weight excluding hydrogens is 1130 g/mol. The van der Waals surface area contributed by atoms with Crippen molar-refractivity contribution in [2.75, 3.05) is 13.1 Å². The predicted molar refractivity (Wildman–Crippen MR) is 408 cm³/mol. The van der Waals surface area contributed by atoms with Crippen molar-refractivity contribution in [1.82, 2.24) is 10.6 Å². The van der Waals surface area contributed by atoms with Gasteiger partial charge in [-0.05, 0) is 203 Å². The van der Waals surface area contributed by atoms with Crippen LogP contribution in [0, 0.1) is 57.2 Å². The molecular formula is C88H144N2O3. The number of carbonyl (C=O) groups is 2. The number of unbranched alkanes of at least 4 members (excludes halogenated alkanes) is 17. The predicted octanol–water partition coefficient (Wildman–Crippen LogP) is 27.0. The molecule has 2 amide bonds. The molecule has 3 aromatic carbocycles. The molecule has 0 aliphatic rings. The van der Waals surface area contributed by atoms with Crippen LogP contribution < -0.4 is 10.6 Å². The third-order valence-electron chi connectivity index (χ3n) is 21.5. The fourth-order valence-corrected chi connectivity index (χ4v) is 15.7. The van der Waals surface area contributed by atoms with Crippen molar-refractivity contribution < 1.29 is 14.3 Å². The summed E-state index contributed by atoms with van der Waals surface area (Å²) >= 11 is 0. The van der Waals surface area contributed by atoms with Crippen LogP contribution in [0.5, 0.6) is 0 Å². The van der Waals surface area contributed by atoms with Gasteiger partial charge >= 0.3 is 6.09 Å². The van der Waals surface area contributed by atoms with Crippen molar-refractivity contribution in [3.63, 3.8) is 0 Å². The summed E-state index contributed by atoms with van der Waals surface area (Å²) in [5.41, 5.74) is 2.61. The number of benzene rings is 3. The highest BCUT2D eigenvalue weighted by Crippen LogP contribution is 2.45. The summed E-state index contributed by atoms with van der Waals surface area (Å²) in [5, 5.41) is 10.8. The Morgan fingerprint density at radius 1 is 0.333 bits per heavy atom. The second kappa shape index (κ2) is 52.7. The van der Waals surface area contributed by atoms with E-state index in [9.17, 15) is 9.59 Å². The van der Waals surface area contributed by atoms with Crippen molar-refractivity contribution in [3.05, 3.63) is 60.2 Å². The molecule has 0 radical (unpaired) electrons. The van der Waals surface area contributed by atoms with Gasteiger partial charge in [-0.3, -0.25) is 4.79 Å². The molecule has 0 unspecified atom stereocenters. The normalized spacial score (nSPS) is 11.9. The smallest absolute Gasteiger partial charge is 0.407 e. The molecule has 2 N–H and O–H groups in total. The van der Waals surface area contributed by atoms with Crippen molar-refractivity contribution in [3.8, 4) is 35.5 Å². The zero-order chi connectivity index (χ0) is 67.2. The highest BCUT2D eigenvalue weighted by Gasteiger charge is 2.32. The van der Waals surface area contributed by atoms with E-state index in [2.05, 4.69) is 151 Å². The van der Waals surface area contributed by atoms with Crippen LogP contribution in [0.25, 0.3) is 21.5 Å². The Bertz CT molecular complexity index is 2410. The number of rotatable bonds is 56. The maximum absolute atomic E-state index is 13.9. The summed E-state index contributed by atoms with van der Waals surface area (Å²) < 4.78 is 5.79. The Morgan fingerprint density at radius 3 is 0.946 bits per heavy atom. The van der Waals surface area contributed by atoms with Gasteiger partial charge in [0.1, 0.15) is 6.61 Å². The maximum Gasteiger partial charge on any atom is 0.407 e. The molecule has 0 aliphatic heterocycles. The molecule has 0 fully saturated rings. The van der Waals surface area contributed by atoms with Gasteiger partial charge in [0.05, 0.1) is 0 Å². The molecule has 3 rings (SSSR count). The number of alkyl carbamates (subject to hydrolysis) is 1. The molecule has 0 atom stereocenters. The first-order chi connectivity index (χ1) is 45.5. The Kier molecular flexibility index (Phi) is 47.0. The van der Waals surface area contributed by atoms with Crippen LogP contribution in [-0.4, -0.2) is 25.1 Å². The van der Waals surface area contributed by atoms with E-state index >= 15 is 0 Å². The number of hydrogen-bond donors (Lipinski definition) is 2. The van der Waals surface area contributed by atoms with Gasteiger partial charge in [-0.2, -0.15) is 0 Å². The van der Waals surface area contributed by atoms with E-state index in [-0.39, 0.29) is 24.0 Å². The van der Waals surface area contributed by atoms with Crippen LogP contribution in [0.15, 0.2) is 54.6 Å². The molecule has 0 aromatic heterocycles. The first kappa shape index (κ1) is 82.8. The summed E-state index contributed by atoms with van der Waals surface area (Å²) in [5.74, 6) is 22.3. The average molecular weight is 1280 g/mol. The zero-order valence-electron chi connectivity index (χ0n) is 62.4. The molecule has 0 bridgehead atoms. The first-order valence-electron chi connectivity index (χ1n) is 39.9. The molecule has 0 aliphatic carbocycles. The van der Waals surface area contributed by atoms with Crippen molar-refractivity contribution in [1.29, 1.82) is 0 Å². The molecule has 524 valence electrons. The topological polar surface area (TPSA) is 67.4 Å². The molecule has 5 nitrogen and oxygen atoms in total. The number of nitrogens with one attached hydrogen (secondary N) is 2. The molecule has 0 saturated carbocycles. The maximum atomic E-state index is 13.9. The van der Waals surface area contributed by atoms with E-state index in [0.717, 1.165) is 136 Å². The monoisotopic (exact) mass is 1280 g/mol. The lowest BCUT2D eigenvalue weighted by Crippen LogP contribution is -2.28. The van der Waals surface area contributed by atoms with Crippen LogP contribution in [0.2, 0.25) is 0 Å². The van der Waals surface area contributed by atoms with Gasteiger partial charge in [0.15, 0.2) is 0 Å². The Morgan fingerprint density at radius 2 is 0.624 bits per heavy atom. The summed E-state index contributed by atoms with van der Waals surface area (Å²) in [7, 11) is 0. The summed E-state index contributed by atoms with van der Waals surface area (Å²) in [4.78, 5) is 26.8. The number of fused-ring (bicyclic) bond motifs is 2. The number of carbonyl (C=O) groups excluding carboxylic acids is 2. The van der Waals surface area contributed by atoms with Gasteiger partial charge in [0.25, 0.3) is 0 Å². The highest BCUT2D eigenvalue weighted by atomic mass is 16.5. The minimum atomic E-state index is -0.381. The lowest BCUT2D eigenvalue weighted by Gasteiger charge is -2.34. The van der Waals surface area contributed by atoms with E-state index in [1.807, 2.05) is 12.1 Å². The van der Waals surface area contributed by atoms with Crippen molar-refractivity contribution >= 4 is 33.5 Å². The van der Waals surface area contributed by atoms with Crippen molar-refractivity contribution in [2.45, 2.75) is 390 Å². The number of ether oxygens (including phenoxy) is 1. The lowest BCUT2D eigenvalue weighted by atomic mass is 9.71. The van der Waals surface area contributed by atoms with Crippen LogP contribution in [0.3, 0.4) is 0 Å². The van der Waals surface area contributed by atoms with Gasteiger partial charge in [-0.15, -0.1) is 35.5 Å². The third kappa shape index (κ3) is 35.4. The van der Waals surface area contributed by atoms with Crippen LogP contribution in [0.4, 0.5) is 4.79 Å². The Hall–Kier alpha value is -4.40. The summed E-state index contributed by atoms with van der Waals surface area (Å²) in [6.07, 6.45) is 59.8. The summed E-state index contributed by atoms with van der Waals surface area (Å²) in [6.45, 7) is 22.7. The standard InChI is InChI=1S/C88H144N2O3/c1-10-19-59-85(58-18-9,60-20-11-2)67-45-33-27-30-36-48-70-88(71-49-37-31-28-34-46-68-86(61-21-12-3,62-22-13-4)63-23-14-5,72-50-38-32-29-35-47-69-87(64-24-15-6,65-25-16-7)66-26-17-8)73-57-83(91)89-74-51-39-40-52-75-90-84(92)93-77-82-80-55-43-41-53-78(80)76-79-54-42-44-56-81(79)82/h41-44,53-56,76H,10-26,33-40,45-52,57-75,77H2,1-9H3,(H,89,91)(H,90,92). The van der Waals surface area contributed by atoms with Gasteiger partial charge in [0, 0.05) is 63.6 Å². The van der Waals surface area contributed by atoms with E-state index in [0.29, 0.717) is 35.8 Å². The largest absolute Gasteiger partial charge is 0.445 e. The Labute approximate surface area is 575 Å². The quantitative estimate of drug-likeness (QED) is 0.0336. The second-order valence-corrected chi connectivity index (χ2v) is 29.3. The molecule has 93 heavy (non-hydrogen) atoms. The van der Waals surface area contributed by atoms with E-state index < -0.39 is 0 Å². The van der Waals surface area contributed by atoms with E-state index in [1.54, 1.807) is 0 Å². The fraction of sp³-hybridized carbons (Fsp3) is 0.750. The van der Waals surface area contributed by atoms with E-state index in [1.165, 1.54) is 205 Å². The highest BCUT2D eigenvalue weighted by molar-refractivity contribution is 6.02. The minimum Gasteiger partial charge on any atom is -0.445 e. The molecule has 0 saturated heterocycles. The van der Waals surface area contributed by atoms with Gasteiger partial charge < -0.3 is 15.4 Å². The zero-order valence-corrected chi connectivity index (χ0v) is 62.4. The van der Waals surface area contributed by atoms with Gasteiger partial charge in [0.2, 0.25) is 5.91 Å². The third-order valence-corrected chi connectivity index (χ3v) is 21.5. The van der Waals surface area contributed by atoms with E-state index in [4.69, 9.17) is 4.74 Å². The number of hydrogen-bond acceptors (Lipinski definition) is 3. The minimum absolute atomic E-state index is 0.0619. The molecule has 5 heteroatoms.